The minimum Gasteiger partial charge on any atom is -0.457 e. The molecule has 0 aliphatic rings. The number of benzene rings is 2. The molecule has 0 bridgehead atoms. The Morgan fingerprint density at radius 1 is 1.11 bits per heavy atom. The molecule has 1 N–H and O–H groups in total. The lowest BCUT2D eigenvalue weighted by molar-refractivity contribution is -0.384. The molecule has 0 aliphatic heterocycles. The van der Waals surface area contributed by atoms with Gasteiger partial charge in [0.2, 0.25) is 11.9 Å². The molecule has 28 heavy (non-hydrogen) atoms. The maximum Gasteiger partial charge on any atom is 0.375 e. The Kier molecular flexibility index (Phi) is 5.71. The third-order valence-electron chi connectivity index (χ3n) is 3.71. The van der Waals surface area contributed by atoms with Crippen molar-refractivity contribution in [3.05, 3.63) is 93.4 Å². The molecule has 0 saturated carbocycles. The van der Waals surface area contributed by atoms with Crippen LogP contribution in [0.2, 0.25) is 5.02 Å². The van der Waals surface area contributed by atoms with Crippen molar-refractivity contribution < 1.29 is 23.7 Å². The van der Waals surface area contributed by atoms with Gasteiger partial charge in [-0.05, 0) is 18.2 Å². The number of amides is 1. The first-order valence-electron chi connectivity index (χ1n) is 8.00. The zero-order chi connectivity index (χ0) is 20.1. The number of carbonyl (C=O) groups excluding carboxylic acids is 2. The molecule has 0 aliphatic carbocycles. The number of nitrogens with one attached hydrogen (secondary N) is 1. The highest BCUT2D eigenvalue weighted by atomic mass is 35.5. The Hall–Kier alpha value is -3.65. The van der Waals surface area contributed by atoms with E-state index in [4.69, 9.17) is 20.8 Å². The number of hydrogen-bond donors (Lipinski definition) is 1. The lowest BCUT2D eigenvalue weighted by Crippen LogP contribution is -2.26. The van der Waals surface area contributed by atoms with Crippen molar-refractivity contribution in [3.8, 4) is 0 Å². The van der Waals surface area contributed by atoms with Crippen molar-refractivity contribution in [1.82, 2.24) is 0 Å². The highest BCUT2D eigenvalue weighted by Gasteiger charge is 2.27. The fraction of sp³-hybridized carbons (Fsp3) is 0.0526. The first-order chi connectivity index (χ1) is 13.5. The van der Waals surface area contributed by atoms with E-state index in [1.54, 1.807) is 30.3 Å². The number of nitro benzene ring substituents is 1. The highest BCUT2D eigenvalue weighted by Crippen LogP contribution is 2.28. The van der Waals surface area contributed by atoms with Crippen LogP contribution in [0.5, 0.6) is 0 Å². The largest absolute Gasteiger partial charge is 0.457 e. The molecule has 0 saturated heterocycles. The standard InChI is InChI=1S/C19H13ClN2O6/c20-14-11-13(22(25)26)8-9-15(14)21-18(23)17(12-5-2-1-3-6-12)28-19(24)16-7-4-10-27-16/h1-11,17H,(H,21,23)/t17-/m0/s1. The molecule has 1 amide bonds. The van der Waals surface area contributed by atoms with E-state index in [-0.39, 0.29) is 22.2 Å². The van der Waals surface area contributed by atoms with Gasteiger partial charge in [-0.25, -0.2) is 4.79 Å². The van der Waals surface area contributed by atoms with E-state index in [1.165, 1.54) is 30.5 Å². The van der Waals surface area contributed by atoms with Gasteiger partial charge in [-0.2, -0.15) is 0 Å². The third kappa shape index (κ3) is 4.36. The molecule has 2 aromatic carbocycles. The summed E-state index contributed by atoms with van der Waals surface area (Å²) in [6.45, 7) is 0. The summed E-state index contributed by atoms with van der Waals surface area (Å²) in [4.78, 5) is 35.2. The van der Waals surface area contributed by atoms with Gasteiger partial charge in [0.1, 0.15) is 0 Å². The number of halogens is 1. The van der Waals surface area contributed by atoms with E-state index in [0.717, 1.165) is 6.07 Å². The minimum absolute atomic E-state index is 0.0216. The zero-order valence-electron chi connectivity index (χ0n) is 14.2. The molecular formula is C19H13ClN2O6. The van der Waals surface area contributed by atoms with Crippen LogP contribution < -0.4 is 5.32 Å². The van der Waals surface area contributed by atoms with Crippen LogP contribution in [0, 0.1) is 10.1 Å². The number of hydrogen-bond acceptors (Lipinski definition) is 6. The lowest BCUT2D eigenvalue weighted by Gasteiger charge is -2.18. The SMILES string of the molecule is O=C(O[C@H](C(=O)Nc1ccc([N+](=O)[O-])cc1Cl)c1ccccc1)c1ccco1. The molecule has 3 rings (SSSR count). The van der Waals surface area contributed by atoms with E-state index < -0.39 is 22.9 Å². The maximum absolute atomic E-state index is 12.8. The van der Waals surface area contributed by atoms with Crippen molar-refractivity contribution in [3.63, 3.8) is 0 Å². The molecule has 0 radical (unpaired) electrons. The highest BCUT2D eigenvalue weighted by molar-refractivity contribution is 6.34. The predicted molar refractivity (Wildman–Crippen MR) is 100 cm³/mol. The number of ether oxygens (including phenoxy) is 1. The molecule has 1 atom stereocenters. The number of furan rings is 1. The Morgan fingerprint density at radius 3 is 2.46 bits per heavy atom. The summed E-state index contributed by atoms with van der Waals surface area (Å²) in [5, 5.41) is 13.3. The summed E-state index contributed by atoms with van der Waals surface area (Å²) in [5.74, 6) is -1.55. The van der Waals surface area contributed by atoms with Crippen molar-refractivity contribution >= 4 is 34.9 Å². The second-order valence-electron chi connectivity index (χ2n) is 5.58. The van der Waals surface area contributed by atoms with Crippen LogP contribution >= 0.6 is 11.6 Å². The van der Waals surface area contributed by atoms with Gasteiger partial charge in [0.05, 0.1) is 21.9 Å². The maximum atomic E-state index is 12.8. The van der Waals surface area contributed by atoms with Gasteiger partial charge >= 0.3 is 5.97 Å². The predicted octanol–water partition coefficient (Wildman–Crippen LogP) is 4.38. The average Bonchev–Trinajstić information content (AvgIpc) is 3.23. The van der Waals surface area contributed by atoms with Gasteiger partial charge in [-0.1, -0.05) is 41.9 Å². The van der Waals surface area contributed by atoms with E-state index in [2.05, 4.69) is 5.32 Å². The van der Waals surface area contributed by atoms with Crippen molar-refractivity contribution in [2.75, 3.05) is 5.32 Å². The van der Waals surface area contributed by atoms with Crippen LogP contribution in [0.4, 0.5) is 11.4 Å². The zero-order valence-corrected chi connectivity index (χ0v) is 15.0. The van der Waals surface area contributed by atoms with Crippen molar-refractivity contribution in [1.29, 1.82) is 0 Å². The molecule has 0 fully saturated rings. The van der Waals surface area contributed by atoms with Crippen LogP contribution in [0.3, 0.4) is 0 Å². The molecule has 142 valence electrons. The molecule has 9 heteroatoms. The van der Waals surface area contributed by atoms with Crippen LogP contribution in [-0.2, 0) is 9.53 Å². The van der Waals surface area contributed by atoms with Gasteiger partial charge in [-0.15, -0.1) is 0 Å². The fourth-order valence-electron chi connectivity index (χ4n) is 2.38. The first-order valence-corrected chi connectivity index (χ1v) is 8.38. The van der Waals surface area contributed by atoms with Crippen molar-refractivity contribution in [2.45, 2.75) is 6.10 Å². The number of non-ortho nitro benzene ring substituents is 1. The van der Waals surface area contributed by atoms with E-state index in [0.29, 0.717) is 5.56 Å². The molecule has 0 unspecified atom stereocenters. The normalized spacial score (nSPS) is 11.5. The Balaban J connectivity index is 1.84. The van der Waals surface area contributed by atoms with Crippen LogP contribution in [0.15, 0.2) is 71.3 Å². The minimum atomic E-state index is -1.29. The smallest absolute Gasteiger partial charge is 0.375 e. The average molecular weight is 401 g/mol. The molecule has 1 aromatic heterocycles. The summed E-state index contributed by atoms with van der Waals surface area (Å²) in [6.07, 6.45) is 0.0234. The van der Waals surface area contributed by atoms with Gasteiger partial charge in [-0.3, -0.25) is 14.9 Å². The van der Waals surface area contributed by atoms with Gasteiger partial charge in [0.15, 0.2) is 0 Å². The summed E-state index contributed by atoms with van der Waals surface area (Å²) < 4.78 is 10.3. The molecule has 1 heterocycles. The molecule has 8 nitrogen and oxygen atoms in total. The number of nitrogens with zero attached hydrogens (tertiary/aromatic N) is 1. The number of nitro groups is 1. The molecular weight excluding hydrogens is 388 g/mol. The first kappa shape index (κ1) is 19.1. The van der Waals surface area contributed by atoms with Crippen molar-refractivity contribution in [2.24, 2.45) is 0 Å². The van der Waals surface area contributed by atoms with Gasteiger partial charge in [0.25, 0.3) is 11.6 Å². The van der Waals surface area contributed by atoms with E-state index >= 15 is 0 Å². The summed E-state index contributed by atoms with van der Waals surface area (Å²) >= 11 is 6.01. The van der Waals surface area contributed by atoms with Crippen LogP contribution in [0.1, 0.15) is 22.2 Å². The van der Waals surface area contributed by atoms with E-state index in [9.17, 15) is 19.7 Å². The monoisotopic (exact) mass is 400 g/mol. The van der Waals surface area contributed by atoms with Crippen LogP contribution in [0.25, 0.3) is 0 Å². The Labute approximate surface area is 163 Å². The fourth-order valence-corrected chi connectivity index (χ4v) is 2.60. The Morgan fingerprint density at radius 2 is 1.86 bits per heavy atom. The van der Waals surface area contributed by atoms with Crippen LogP contribution in [-0.4, -0.2) is 16.8 Å². The number of esters is 1. The lowest BCUT2D eigenvalue weighted by atomic mass is 10.1. The quantitative estimate of drug-likeness (QED) is 0.373. The summed E-state index contributed by atoms with van der Waals surface area (Å²) in [6, 6.07) is 14.9. The summed E-state index contributed by atoms with van der Waals surface area (Å²) in [7, 11) is 0. The number of anilines is 1. The number of rotatable bonds is 6. The topological polar surface area (TPSA) is 112 Å². The van der Waals surface area contributed by atoms with E-state index in [1.807, 2.05) is 0 Å². The molecule has 3 aromatic rings. The second kappa shape index (κ2) is 8.36. The second-order valence-corrected chi connectivity index (χ2v) is 5.99. The third-order valence-corrected chi connectivity index (χ3v) is 4.02. The molecule has 0 spiro atoms. The Bertz CT molecular complexity index is 1000. The van der Waals surface area contributed by atoms with Gasteiger partial charge in [0, 0.05) is 17.7 Å². The number of carbonyl (C=O) groups is 2. The van der Waals surface area contributed by atoms with Gasteiger partial charge < -0.3 is 14.5 Å². The summed E-state index contributed by atoms with van der Waals surface area (Å²) in [5.41, 5.74) is 0.358.